The van der Waals surface area contributed by atoms with Gasteiger partial charge in [0.2, 0.25) is 5.91 Å². The van der Waals surface area contributed by atoms with Gasteiger partial charge in [-0.3, -0.25) is 14.7 Å². The number of ether oxygens (including phenoxy) is 1. The summed E-state index contributed by atoms with van der Waals surface area (Å²) in [7, 11) is 1.36. The van der Waals surface area contributed by atoms with E-state index in [0.717, 1.165) is 10.9 Å². The Hall–Kier alpha value is -3.10. The predicted molar refractivity (Wildman–Crippen MR) is 98.2 cm³/mol. The predicted octanol–water partition coefficient (Wildman–Crippen LogP) is 1.03. The maximum absolute atomic E-state index is 12.2. The van der Waals surface area contributed by atoms with Gasteiger partial charge in [0.05, 0.1) is 12.6 Å². The molecule has 1 fully saturated rings. The molecule has 2 aromatic rings. The van der Waals surface area contributed by atoms with Crippen molar-refractivity contribution in [2.24, 2.45) is 0 Å². The van der Waals surface area contributed by atoms with Gasteiger partial charge in [-0.2, -0.15) is 5.10 Å². The molecule has 0 atom stereocenters. The van der Waals surface area contributed by atoms with Crippen LogP contribution in [0.5, 0.6) is 0 Å². The molecule has 0 unspecified atom stereocenters. The van der Waals surface area contributed by atoms with Crippen LogP contribution in [0, 0.1) is 0 Å². The molecule has 9 nitrogen and oxygen atoms in total. The highest BCUT2D eigenvalue weighted by molar-refractivity contribution is 6.04. The van der Waals surface area contributed by atoms with Crippen LogP contribution in [0.15, 0.2) is 24.3 Å². The Morgan fingerprint density at radius 3 is 2.74 bits per heavy atom. The van der Waals surface area contributed by atoms with E-state index >= 15 is 0 Å². The number of nitrogens with one attached hydrogen (secondary N) is 3. The first-order valence-corrected chi connectivity index (χ1v) is 8.92. The number of amides is 3. The molecule has 0 aliphatic carbocycles. The number of carbonyl (C=O) groups is 3. The van der Waals surface area contributed by atoms with E-state index < -0.39 is 0 Å². The minimum Gasteiger partial charge on any atom is -0.453 e. The van der Waals surface area contributed by atoms with Gasteiger partial charge in [-0.05, 0) is 18.9 Å². The summed E-state index contributed by atoms with van der Waals surface area (Å²) >= 11 is 0. The maximum Gasteiger partial charge on any atom is 0.409 e. The first-order valence-electron chi connectivity index (χ1n) is 8.92. The summed E-state index contributed by atoms with van der Waals surface area (Å²) in [6.45, 7) is 1.34. The number of likely N-dealkylation sites (tertiary alicyclic amines) is 1. The molecular formula is C18H23N5O4. The highest BCUT2D eigenvalue weighted by Gasteiger charge is 2.24. The standard InChI is InChI=1S/C18H23N5O4/c1-27-18(26)23-10-7-12(8-11-23)20-15(24)6-9-19-17(25)16-13-4-2-3-5-14(13)21-22-16/h2-5,12H,6-11H2,1H3,(H,19,25)(H,20,24)(H,21,22). The number of hydrogen-bond donors (Lipinski definition) is 3. The summed E-state index contributed by atoms with van der Waals surface area (Å²) in [6, 6.07) is 7.40. The number of hydrogen-bond acceptors (Lipinski definition) is 5. The fourth-order valence-corrected chi connectivity index (χ4v) is 3.15. The van der Waals surface area contributed by atoms with Gasteiger partial charge < -0.3 is 20.3 Å². The Kier molecular flexibility index (Phi) is 5.90. The van der Waals surface area contributed by atoms with Crippen LogP contribution in [0.2, 0.25) is 0 Å². The van der Waals surface area contributed by atoms with Crippen molar-refractivity contribution in [3.63, 3.8) is 0 Å². The van der Waals surface area contributed by atoms with Crippen LogP contribution >= 0.6 is 0 Å². The Labute approximate surface area is 156 Å². The lowest BCUT2D eigenvalue weighted by Crippen LogP contribution is -2.47. The van der Waals surface area contributed by atoms with Crippen molar-refractivity contribution in [3.05, 3.63) is 30.0 Å². The highest BCUT2D eigenvalue weighted by Crippen LogP contribution is 2.15. The molecule has 3 N–H and O–H groups in total. The van der Waals surface area contributed by atoms with Crippen molar-refractivity contribution >= 4 is 28.8 Å². The molecule has 1 aliphatic rings. The SMILES string of the molecule is COC(=O)N1CCC(NC(=O)CCNC(=O)c2n[nH]c3ccccc23)CC1. The van der Waals surface area contributed by atoms with E-state index in [1.807, 2.05) is 24.3 Å². The topological polar surface area (TPSA) is 116 Å². The third-order valence-electron chi connectivity index (χ3n) is 4.62. The van der Waals surface area contributed by atoms with Gasteiger partial charge in [0.15, 0.2) is 5.69 Å². The van der Waals surface area contributed by atoms with Gasteiger partial charge in [0.1, 0.15) is 0 Å². The first kappa shape index (κ1) is 18.7. The zero-order valence-corrected chi connectivity index (χ0v) is 15.2. The van der Waals surface area contributed by atoms with E-state index in [1.54, 1.807) is 4.90 Å². The minimum absolute atomic E-state index is 0.0318. The average molecular weight is 373 g/mol. The monoisotopic (exact) mass is 373 g/mol. The van der Waals surface area contributed by atoms with Crippen molar-refractivity contribution in [3.8, 4) is 0 Å². The molecule has 1 saturated heterocycles. The lowest BCUT2D eigenvalue weighted by atomic mass is 10.1. The van der Waals surface area contributed by atoms with Crippen molar-refractivity contribution < 1.29 is 19.1 Å². The fraction of sp³-hybridized carbons (Fsp3) is 0.444. The molecule has 1 aliphatic heterocycles. The van der Waals surface area contributed by atoms with Gasteiger partial charge in [-0.25, -0.2) is 4.79 Å². The number of benzene rings is 1. The summed E-state index contributed by atoms with van der Waals surface area (Å²) in [5.41, 5.74) is 1.11. The molecule has 3 amide bonds. The van der Waals surface area contributed by atoms with E-state index in [4.69, 9.17) is 4.74 Å². The zero-order chi connectivity index (χ0) is 19.2. The Balaban J connectivity index is 1.40. The van der Waals surface area contributed by atoms with Crippen LogP contribution in [0.1, 0.15) is 29.8 Å². The maximum atomic E-state index is 12.2. The molecule has 0 spiro atoms. The van der Waals surface area contributed by atoms with Crippen LogP contribution < -0.4 is 10.6 Å². The second kappa shape index (κ2) is 8.52. The molecule has 27 heavy (non-hydrogen) atoms. The molecule has 0 saturated carbocycles. The molecule has 3 rings (SSSR count). The van der Waals surface area contributed by atoms with Crippen LogP contribution in [0.3, 0.4) is 0 Å². The summed E-state index contributed by atoms with van der Waals surface area (Å²) in [5.74, 6) is -0.439. The lowest BCUT2D eigenvalue weighted by Gasteiger charge is -2.31. The number of aromatic nitrogens is 2. The molecule has 1 aromatic carbocycles. The van der Waals surface area contributed by atoms with E-state index in [9.17, 15) is 14.4 Å². The minimum atomic E-state index is -0.339. The second-order valence-corrected chi connectivity index (χ2v) is 6.42. The highest BCUT2D eigenvalue weighted by atomic mass is 16.5. The zero-order valence-electron chi connectivity index (χ0n) is 15.2. The van der Waals surface area contributed by atoms with E-state index in [1.165, 1.54) is 7.11 Å². The van der Waals surface area contributed by atoms with Crippen LogP contribution in [-0.4, -0.2) is 65.8 Å². The summed E-state index contributed by atoms with van der Waals surface area (Å²) in [6.07, 6.45) is 1.22. The number of piperidine rings is 1. The first-order chi connectivity index (χ1) is 13.1. The third kappa shape index (κ3) is 4.55. The van der Waals surface area contributed by atoms with Gasteiger partial charge in [-0.1, -0.05) is 18.2 Å². The normalized spacial score (nSPS) is 14.8. The van der Waals surface area contributed by atoms with Gasteiger partial charge in [0.25, 0.3) is 5.91 Å². The van der Waals surface area contributed by atoms with Gasteiger partial charge >= 0.3 is 6.09 Å². The van der Waals surface area contributed by atoms with Crippen LogP contribution in [0.4, 0.5) is 4.79 Å². The summed E-state index contributed by atoms with van der Waals surface area (Å²) in [5, 5.41) is 13.3. The van der Waals surface area contributed by atoms with Crippen molar-refractivity contribution in [1.29, 1.82) is 0 Å². The largest absolute Gasteiger partial charge is 0.453 e. The molecule has 9 heteroatoms. The van der Waals surface area contributed by atoms with E-state index in [0.29, 0.717) is 31.6 Å². The molecule has 1 aromatic heterocycles. The van der Waals surface area contributed by atoms with E-state index in [-0.39, 0.29) is 36.9 Å². The van der Waals surface area contributed by atoms with Crippen LogP contribution in [0.25, 0.3) is 10.9 Å². The number of methoxy groups -OCH3 is 1. The quantitative estimate of drug-likeness (QED) is 0.724. The molecule has 144 valence electrons. The number of carbonyl (C=O) groups excluding carboxylic acids is 3. The molecule has 0 bridgehead atoms. The molecule has 0 radical (unpaired) electrons. The van der Waals surface area contributed by atoms with Crippen molar-refractivity contribution in [2.75, 3.05) is 26.7 Å². The number of rotatable bonds is 5. The van der Waals surface area contributed by atoms with E-state index in [2.05, 4.69) is 20.8 Å². The fourth-order valence-electron chi connectivity index (χ4n) is 3.15. The molecular weight excluding hydrogens is 350 g/mol. The molecule has 2 heterocycles. The number of aromatic amines is 1. The Bertz CT molecular complexity index is 826. The summed E-state index contributed by atoms with van der Waals surface area (Å²) < 4.78 is 4.69. The Morgan fingerprint density at radius 2 is 2.00 bits per heavy atom. The summed E-state index contributed by atoms with van der Waals surface area (Å²) in [4.78, 5) is 37.4. The van der Waals surface area contributed by atoms with Crippen molar-refractivity contribution in [1.82, 2.24) is 25.7 Å². The van der Waals surface area contributed by atoms with Gasteiger partial charge in [-0.15, -0.1) is 0 Å². The Morgan fingerprint density at radius 1 is 1.26 bits per heavy atom. The second-order valence-electron chi connectivity index (χ2n) is 6.42. The van der Waals surface area contributed by atoms with Crippen molar-refractivity contribution in [2.45, 2.75) is 25.3 Å². The number of nitrogens with zero attached hydrogens (tertiary/aromatic N) is 2. The third-order valence-corrected chi connectivity index (χ3v) is 4.62. The average Bonchev–Trinajstić information content (AvgIpc) is 3.12. The van der Waals surface area contributed by atoms with Gasteiger partial charge in [0, 0.05) is 37.5 Å². The number of fused-ring (bicyclic) bond motifs is 1. The smallest absolute Gasteiger partial charge is 0.409 e. The van der Waals surface area contributed by atoms with Crippen LogP contribution in [-0.2, 0) is 9.53 Å². The lowest BCUT2D eigenvalue weighted by molar-refractivity contribution is -0.121. The number of H-pyrrole nitrogens is 1. The number of para-hydroxylation sites is 1.